The van der Waals surface area contributed by atoms with Gasteiger partial charge in [0.05, 0.1) is 5.56 Å². The van der Waals surface area contributed by atoms with E-state index >= 15 is 0 Å². The number of rotatable bonds is 8. The molecule has 1 heterocycles. The third kappa shape index (κ3) is 5.44. The van der Waals surface area contributed by atoms with Crippen LogP contribution in [0.2, 0.25) is 0 Å². The molecule has 0 fully saturated rings. The number of carbonyl (C=O) groups excluding carboxylic acids is 2. The highest BCUT2D eigenvalue weighted by atomic mass is 32.1. The van der Waals surface area contributed by atoms with Gasteiger partial charge in [0.15, 0.2) is 6.61 Å². The summed E-state index contributed by atoms with van der Waals surface area (Å²) in [5.74, 6) is 0.00886. The minimum Gasteiger partial charge on any atom is -0.483 e. The first-order chi connectivity index (χ1) is 13.6. The number of benzene rings is 2. The first-order valence-corrected chi connectivity index (χ1v) is 9.87. The van der Waals surface area contributed by atoms with Gasteiger partial charge in [0, 0.05) is 20.1 Å². The number of carbonyl (C=O) groups is 2. The number of hydrogen-bond donors (Lipinski definition) is 1. The molecule has 0 spiro atoms. The van der Waals surface area contributed by atoms with Crippen molar-refractivity contribution in [3.8, 4) is 5.75 Å². The standard InChI is InChI=1S/C22H22N2O3S/c1-24(14-18-11-12-28-16-18)21(25)15-27-20-10-6-5-9-19(20)22(26)23-13-17-7-3-2-4-8-17/h2-12,16H,13-15H2,1H3,(H,23,26). The fourth-order valence-corrected chi connectivity index (χ4v) is 3.31. The zero-order valence-electron chi connectivity index (χ0n) is 15.6. The van der Waals surface area contributed by atoms with Crippen molar-refractivity contribution >= 4 is 23.2 Å². The van der Waals surface area contributed by atoms with Crippen LogP contribution in [-0.4, -0.2) is 30.4 Å². The average molecular weight is 394 g/mol. The Bertz CT molecular complexity index is 911. The Morgan fingerprint density at radius 1 is 1.00 bits per heavy atom. The number of ether oxygens (including phenoxy) is 1. The van der Waals surface area contributed by atoms with E-state index < -0.39 is 0 Å². The van der Waals surface area contributed by atoms with Gasteiger partial charge >= 0.3 is 0 Å². The summed E-state index contributed by atoms with van der Waals surface area (Å²) < 4.78 is 5.66. The van der Waals surface area contributed by atoms with E-state index in [0.717, 1.165) is 11.1 Å². The summed E-state index contributed by atoms with van der Waals surface area (Å²) in [6.45, 7) is 0.838. The number of amides is 2. The Hall–Kier alpha value is -3.12. The normalized spacial score (nSPS) is 10.3. The van der Waals surface area contributed by atoms with E-state index in [0.29, 0.717) is 24.4 Å². The van der Waals surface area contributed by atoms with Crippen molar-refractivity contribution < 1.29 is 14.3 Å². The van der Waals surface area contributed by atoms with E-state index in [1.54, 1.807) is 47.5 Å². The monoisotopic (exact) mass is 394 g/mol. The molecule has 0 saturated carbocycles. The maximum atomic E-state index is 12.5. The molecule has 1 N–H and O–H groups in total. The van der Waals surface area contributed by atoms with Crippen molar-refractivity contribution in [3.05, 3.63) is 88.1 Å². The molecule has 6 heteroatoms. The molecule has 0 unspecified atom stereocenters. The molecule has 0 saturated heterocycles. The van der Waals surface area contributed by atoms with E-state index in [1.807, 2.05) is 47.2 Å². The lowest BCUT2D eigenvalue weighted by molar-refractivity contribution is -0.132. The molecule has 3 rings (SSSR count). The van der Waals surface area contributed by atoms with Crippen LogP contribution in [0.1, 0.15) is 21.5 Å². The van der Waals surface area contributed by atoms with Gasteiger partial charge in [-0.05, 0) is 40.1 Å². The third-order valence-electron chi connectivity index (χ3n) is 4.20. The molecule has 2 aromatic carbocycles. The van der Waals surface area contributed by atoms with Crippen LogP contribution in [0.3, 0.4) is 0 Å². The molecule has 5 nitrogen and oxygen atoms in total. The second-order valence-corrected chi connectivity index (χ2v) is 7.11. The van der Waals surface area contributed by atoms with Crippen molar-refractivity contribution in [3.63, 3.8) is 0 Å². The summed E-state index contributed by atoms with van der Waals surface area (Å²) in [7, 11) is 1.74. The lowest BCUT2D eigenvalue weighted by atomic mass is 10.1. The second-order valence-electron chi connectivity index (χ2n) is 6.33. The van der Waals surface area contributed by atoms with E-state index in [4.69, 9.17) is 4.74 Å². The number of nitrogens with zero attached hydrogens (tertiary/aromatic N) is 1. The van der Waals surface area contributed by atoms with Crippen LogP contribution in [0.4, 0.5) is 0 Å². The predicted molar refractivity (Wildman–Crippen MR) is 110 cm³/mol. The molecule has 2 amide bonds. The van der Waals surface area contributed by atoms with Crippen molar-refractivity contribution in [1.29, 1.82) is 0 Å². The highest BCUT2D eigenvalue weighted by Gasteiger charge is 2.15. The van der Waals surface area contributed by atoms with Crippen LogP contribution in [0, 0.1) is 0 Å². The minimum atomic E-state index is -0.237. The summed E-state index contributed by atoms with van der Waals surface area (Å²) in [5, 5.41) is 6.87. The Morgan fingerprint density at radius 3 is 2.50 bits per heavy atom. The Kier molecular flexibility index (Phi) is 6.81. The van der Waals surface area contributed by atoms with Gasteiger partial charge in [0.1, 0.15) is 5.75 Å². The molecule has 0 aliphatic rings. The van der Waals surface area contributed by atoms with Crippen molar-refractivity contribution in [1.82, 2.24) is 10.2 Å². The lowest BCUT2D eigenvalue weighted by Gasteiger charge is -2.17. The van der Waals surface area contributed by atoms with E-state index in [-0.39, 0.29) is 18.4 Å². The van der Waals surface area contributed by atoms with Gasteiger partial charge in [0.25, 0.3) is 11.8 Å². The quantitative estimate of drug-likeness (QED) is 0.634. The SMILES string of the molecule is CN(Cc1ccsc1)C(=O)COc1ccccc1C(=O)NCc1ccccc1. The number of para-hydroxylation sites is 1. The maximum Gasteiger partial charge on any atom is 0.260 e. The van der Waals surface area contributed by atoms with Crippen LogP contribution in [0.5, 0.6) is 5.75 Å². The number of nitrogens with one attached hydrogen (secondary N) is 1. The van der Waals surface area contributed by atoms with Crippen LogP contribution in [-0.2, 0) is 17.9 Å². The molecular weight excluding hydrogens is 372 g/mol. The third-order valence-corrected chi connectivity index (χ3v) is 4.94. The van der Waals surface area contributed by atoms with E-state index in [2.05, 4.69) is 5.32 Å². The second kappa shape index (κ2) is 9.71. The van der Waals surface area contributed by atoms with Gasteiger partial charge in [0.2, 0.25) is 0 Å². The van der Waals surface area contributed by atoms with E-state index in [9.17, 15) is 9.59 Å². The van der Waals surface area contributed by atoms with Gasteiger partial charge in [-0.15, -0.1) is 0 Å². The van der Waals surface area contributed by atoms with Crippen molar-refractivity contribution in [2.75, 3.05) is 13.7 Å². The molecule has 0 aliphatic carbocycles. The van der Waals surface area contributed by atoms with Crippen LogP contribution < -0.4 is 10.1 Å². The molecule has 1 aromatic heterocycles. The molecule has 0 aliphatic heterocycles. The Morgan fingerprint density at radius 2 is 1.75 bits per heavy atom. The molecule has 0 radical (unpaired) electrons. The molecule has 3 aromatic rings. The first-order valence-electron chi connectivity index (χ1n) is 8.92. The molecule has 28 heavy (non-hydrogen) atoms. The fourth-order valence-electron chi connectivity index (χ4n) is 2.65. The molecule has 0 atom stereocenters. The highest BCUT2D eigenvalue weighted by Crippen LogP contribution is 2.18. The van der Waals surface area contributed by atoms with Crippen molar-refractivity contribution in [2.24, 2.45) is 0 Å². The summed E-state index contributed by atoms with van der Waals surface area (Å²) in [6.07, 6.45) is 0. The minimum absolute atomic E-state index is 0.121. The zero-order chi connectivity index (χ0) is 19.8. The molecule has 144 valence electrons. The Balaban J connectivity index is 1.57. The van der Waals surface area contributed by atoms with Gasteiger partial charge in [-0.1, -0.05) is 42.5 Å². The zero-order valence-corrected chi connectivity index (χ0v) is 16.4. The lowest BCUT2D eigenvalue weighted by Crippen LogP contribution is -2.31. The van der Waals surface area contributed by atoms with Crippen LogP contribution in [0.15, 0.2) is 71.4 Å². The Labute approximate surface area is 168 Å². The van der Waals surface area contributed by atoms with Gasteiger partial charge in [-0.25, -0.2) is 0 Å². The first kappa shape index (κ1) is 19.6. The molecule has 0 bridgehead atoms. The van der Waals surface area contributed by atoms with E-state index in [1.165, 1.54) is 0 Å². The fraction of sp³-hybridized carbons (Fsp3) is 0.182. The smallest absolute Gasteiger partial charge is 0.260 e. The summed E-state index contributed by atoms with van der Waals surface area (Å²) >= 11 is 1.60. The predicted octanol–water partition coefficient (Wildman–Crippen LogP) is 3.72. The number of hydrogen-bond acceptors (Lipinski definition) is 4. The summed E-state index contributed by atoms with van der Waals surface area (Å²) in [5.41, 5.74) is 2.51. The van der Waals surface area contributed by atoms with Gasteiger partial charge in [-0.3, -0.25) is 9.59 Å². The van der Waals surface area contributed by atoms with Gasteiger partial charge < -0.3 is 15.0 Å². The van der Waals surface area contributed by atoms with Crippen LogP contribution >= 0.6 is 11.3 Å². The highest BCUT2D eigenvalue weighted by molar-refractivity contribution is 7.07. The largest absolute Gasteiger partial charge is 0.483 e. The summed E-state index contributed by atoms with van der Waals surface area (Å²) in [4.78, 5) is 26.5. The topological polar surface area (TPSA) is 58.6 Å². The number of likely N-dealkylation sites (N-methyl/N-ethyl adjacent to an activating group) is 1. The van der Waals surface area contributed by atoms with Crippen molar-refractivity contribution in [2.45, 2.75) is 13.1 Å². The van der Waals surface area contributed by atoms with Gasteiger partial charge in [-0.2, -0.15) is 11.3 Å². The molecular formula is C22H22N2O3S. The average Bonchev–Trinajstić information content (AvgIpc) is 3.24. The van der Waals surface area contributed by atoms with Crippen LogP contribution in [0.25, 0.3) is 0 Å². The summed E-state index contributed by atoms with van der Waals surface area (Å²) in [6, 6.07) is 18.6. The maximum absolute atomic E-state index is 12.5. The number of thiophene rings is 1.